The quantitative estimate of drug-likeness (QED) is 0.763. The molecule has 1 N–H and O–H groups in total. The van der Waals surface area contributed by atoms with Gasteiger partial charge < -0.3 is 4.90 Å². The Morgan fingerprint density at radius 3 is 2.62 bits per heavy atom. The lowest BCUT2D eigenvalue weighted by molar-refractivity contribution is 0.560. The van der Waals surface area contributed by atoms with E-state index in [0.29, 0.717) is 28.7 Å². The van der Waals surface area contributed by atoms with Crippen LogP contribution in [0.15, 0.2) is 33.9 Å². The molecule has 3 aromatic rings. The van der Waals surface area contributed by atoms with E-state index < -0.39 is 11.2 Å². The number of aryl methyl sites for hydroxylation is 1. The molecule has 1 aliphatic rings. The molecule has 1 saturated heterocycles. The van der Waals surface area contributed by atoms with Gasteiger partial charge in [-0.3, -0.25) is 18.9 Å². The van der Waals surface area contributed by atoms with Crippen molar-refractivity contribution < 1.29 is 0 Å². The number of nitrogens with one attached hydrogen (secondary N) is 1. The molecule has 0 saturated carbocycles. The summed E-state index contributed by atoms with van der Waals surface area (Å²) in [6, 6.07) is 7.56. The number of aromatic nitrogens is 4. The van der Waals surface area contributed by atoms with Crippen molar-refractivity contribution in [1.29, 1.82) is 0 Å². The van der Waals surface area contributed by atoms with Crippen LogP contribution < -0.4 is 16.1 Å². The molecule has 1 aliphatic heterocycles. The fourth-order valence-electron chi connectivity index (χ4n) is 3.51. The molecule has 0 aliphatic carbocycles. The molecule has 136 valence electrons. The average molecular weight is 374 g/mol. The Labute approximate surface area is 154 Å². The van der Waals surface area contributed by atoms with E-state index in [2.05, 4.69) is 14.9 Å². The summed E-state index contributed by atoms with van der Waals surface area (Å²) < 4.78 is 3.26. The molecular weight excluding hydrogens is 354 g/mol. The van der Waals surface area contributed by atoms with E-state index in [0.717, 1.165) is 31.5 Å². The zero-order valence-electron chi connectivity index (χ0n) is 14.5. The molecule has 0 spiro atoms. The number of piperidine rings is 1. The number of imidazole rings is 1. The molecule has 1 aromatic carbocycles. The van der Waals surface area contributed by atoms with Crippen LogP contribution in [0.2, 0.25) is 5.02 Å². The van der Waals surface area contributed by atoms with E-state index in [1.54, 1.807) is 7.05 Å². The largest absolute Gasteiger partial charge is 0.342 e. The highest BCUT2D eigenvalue weighted by Gasteiger charge is 2.23. The van der Waals surface area contributed by atoms with Gasteiger partial charge in [0.2, 0.25) is 5.95 Å². The van der Waals surface area contributed by atoms with Crippen LogP contribution in [0.1, 0.15) is 24.8 Å². The van der Waals surface area contributed by atoms with Crippen LogP contribution in [-0.4, -0.2) is 32.2 Å². The van der Waals surface area contributed by atoms with Crippen LogP contribution in [0.25, 0.3) is 11.2 Å². The van der Waals surface area contributed by atoms with Gasteiger partial charge in [-0.2, -0.15) is 4.98 Å². The molecule has 26 heavy (non-hydrogen) atoms. The minimum absolute atomic E-state index is 0.395. The van der Waals surface area contributed by atoms with E-state index in [-0.39, 0.29) is 0 Å². The van der Waals surface area contributed by atoms with Gasteiger partial charge in [0.15, 0.2) is 11.2 Å². The van der Waals surface area contributed by atoms with Gasteiger partial charge in [0.1, 0.15) is 0 Å². The number of halogens is 1. The summed E-state index contributed by atoms with van der Waals surface area (Å²) in [5.74, 6) is 0.714. The van der Waals surface area contributed by atoms with E-state index in [1.165, 1.54) is 11.0 Å². The number of rotatable bonds is 3. The Kier molecular flexibility index (Phi) is 4.32. The maximum atomic E-state index is 12.6. The van der Waals surface area contributed by atoms with Crippen molar-refractivity contribution in [1.82, 2.24) is 19.1 Å². The van der Waals surface area contributed by atoms with Crippen LogP contribution in [0.3, 0.4) is 0 Å². The Morgan fingerprint density at radius 2 is 1.88 bits per heavy atom. The van der Waals surface area contributed by atoms with Crippen LogP contribution in [0.4, 0.5) is 5.95 Å². The first-order valence-corrected chi connectivity index (χ1v) is 9.12. The van der Waals surface area contributed by atoms with Gasteiger partial charge in [0, 0.05) is 25.2 Å². The molecule has 3 heterocycles. The van der Waals surface area contributed by atoms with Crippen molar-refractivity contribution in [3.8, 4) is 0 Å². The first-order valence-electron chi connectivity index (χ1n) is 8.74. The number of hydrogen-bond donors (Lipinski definition) is 1. The van der Waals surface area contributed by atoms with Gasteiger partial charge in [-0.05, 0) is 30.9 Å². The van der Waals surface area contributed by atoms with Crippen LogP contribution in [0.5, 0.6) is 0 Å². The Balaban J connectivity index is 1.95. The maximum absolute atomic E-state index is 12.6. The van der Waals surface area contributed by atoms with Crippen LogP contribution >= 0.6 is 11.6 Å². The highest BCUT2D eigenvalue weighted by atomic mass is 35.5. The molecule has 1 fully saturated rings. The van der Waals surface area contributed by atoms with E-state index >= 15 is 0 Å². The van der Waals surface area contributed by atoms with Gasteiger partial charge in [0.05, 0.1) is 6.54 Å². The predicted molar refractivity (Wildman–Crippen MR) is 102 cm³/mol. The van der Waals surface area contributed by atoms with Crippen molar-refractivity contribution in [3.63, 3.8) is 0 Å². The number of nitrogens with zero attached hydrogens (tertiary/aromatic N) is 4. The van der Waals surface area contributed by atoms with Crippen LogP contribution in [0, 0.1) is 0 Å². The van der Waals surface area contributed by atoms with Gasteiger partial charge >= 0.3 is 5.69 Å². The van der Waals surface area contributed by atoms with Crippen molar-refractivity contribution in [3.05, 3.63) is 55.7 Å². The molecule has 0 unspecified atom stereocenters. The summed E-state index contributed by atoms with van der Waals surface area (Å²) in [6.07, 6.45) is 3.37. The molecule has 8 heteroatoms. The first-order chi connectivity index (χ1) is 12.6. The number of H-pyrrole nitrogens is 1. The molecule has 2 aromatic heterocycles. The fourth-order valence-corrected chi connectivity index (χ4v) is 3.70. The van der Waals surface area contributed by atoms with Gasteiger partial charge in [-0.15, -0.1) is 0 Å². The highest BCUT2D eigenvalue weighted by Crippen LogP contribution is 2.26. The second kappa shape index (κ2) is 6.64. The highest BCUT2D eigenvalue weighted by molar-refractivity contribution is 6.31. The zero-order valence-corrected chi connectivity index (χ0v) is 15.3. The Hall–Kier alpha value is -2.54. The van der Waals surface area contributed by atoms with Crippen molar-refractivity contribution in [2.24, 2.45) is 7.05 Å². The molecule has 0 radical (unpaired) electrons. The van der Waals surface area contributed by atoms with Gasteiger partial charge in [-0.1, -0.05) is 29.8 Å². The summed E-state index contributed by atoms with van der Waals surface area (Å²) >= 11 is 6.34. The Morgan fingerprint density at radius 1 is 1.15 bits per heavy atom. The lowest BCUT2D eigenvalue weighted by Gasteiger charge is -2.28. The summed E-state index contributed by atoms with van der Waals surface area (Å²) in [5, 5.41) is 0.639. The minimum atomic E-state index is -0.463. The van der Waals surface area contributed by atoms with E-state index in [4.69, 9.17) is 11.6 Å². The van der Waals surface area contributed by atoms with Crippen molar-refractivity contribution in [2.45, 2.75) is 25.8 Å². The summed E-state index contributed by atoms with van der Waals surface area (Å²) in [6.45, 7) is 2.19. The summed E-state index contributed by atoms with van der Waals surface area (Å²) in [7, 11) is 1.62. The topological polar surface area (TPSA) is 75.9 Å². The number of benzene rings is 1. The van der Waals surface area contributed by atoms with Crippen molar-refractivity contribution >= 4 is 28.7 Å². The molecule has 7 nitrogen and oxygen atoms in total. The van der Waals surface area contributed by atoms with E-state index in [1.807, 2.05) is 28.8 Å². The Bertz CT molecular complexity index is 1080. The number of aromatic amines is 1. The average Bonchev–Trinajstić information content (AvgIpc) is 3.02. The SMILES string of the molecule is Cn1c(=O)[nH]c(=O)c2c1nc(N1CCCCC1)n2Cc1ccccc1Cl. The van der Waals surface area contributed by atoms with Crippen molar-refractivity contribution in [2.75, 3.05) is 18.0 Å². The third-order valence-electron chi connectivity index (χ3n) is 4.91. The van der Waals surface area contributed by atoms with Crippen LogP contribution in [-0.2, 0) is 13.6 Å². The molecule has 0 bridgehead atoms. The van der Waals surface area contributed by atoms with Gasteiger partial charge in [0.25, 0.3) is 5.56 Å². The summed E-state index contributed by atoms with van der Waals surface area (Å²) in [4.78, 5) is 33.8. The first kappa shape index (κ1) is 16.9. The maximum Gasteiger partial charge on any atom is 0.329 e. The zero-order chi connectivity index (χ0) is 18.3. The molecule has 4 rings (SSSR count). The minimum Gasteiger partial charge on any atom is -0.342 e. The number of hydrogen-bond acceptors (Lipinski definition) is 4. The standard InChI is InChI=1S/C18H20ClN5O2/c1-22-15-14(16(25)21-18(22)26)24(11-12-7-3-4-8-13(12)19)17(20-15)23-9-5-2-6-10-23/h3-4,7-8H,2,5-6,9-11H2,1H3,(H,21,25,26). The second-order valence-corrected chi connectivity index (χ2v) is 7.03. The third-order valence-corrected chi connectivity index (χ3v) is 5.28. The fraction of sp³-hybridized carbons (Fsp3) is 0.389. The van der Waals surface area contributed by atoms with Gasteiger partial charge in [-0.25, -0.2) is 4.79 Å². The second-order valence-electron chi connectivity index (χ2n) is 6.63. The van der Waals surface area contributed by atoms with E-state index in [9.17, 15) is 9.59 Å². The molecule has 0 atom stereocenters. The lowest BCUT2D eigenvalue weighted by atomic mass is 10.1. The predicted octanol–water partition coefficient (Wildman–Crippen LogP) is 2.12. The smallest absolute Gasteiger partial charge is 0.329 e. The number of anilines is 1. The molecular formula is C18H20ClN5O2. The lowest BCUT2D eigenvalue weighted by Crippen LogP contribution is -2.32. The normalized spacial score (nSPS) is 14.9. The molecule has 0 amide bonds. The summed E-state index contributed by atoms with van der Waals surface area (Å²) in [5.41, 5.74) is 0.806. The number of fused-ring (bicyclic) bond motifs is 1. The monoisotopic (exact) mass is 373 g/mol. The third kappa shape index (κ3) is 2.82.